The Morgan fingerprint density at radius 2 is 1.90 bits per heavy atom. The summed E-state index contributed by atoms with van der Waals surface area (Å²) in [5.41, 5.74) is 2.78. The number of aromatic nitrogens is 4. The molecule has 196 valence electrons. The van der Waals surface area contributed by atoms with Gasteiger partial charge in [0.05, 0.1) is 17.6 Å². The number of anilines is 3. The van der Waals surface area contributed by atoms with Gasteiger partial charge in [0.2, 0.25) is 0 Å². The van der Waals surface area contributed by atoms with Crippen LogP contribution in [-0.4, -0.2) is 37.9 Å². The molecule has 11 heteroatoms. The highest BCUT2D eigenvalue weighted by molar-refractivity contribution is 7.18. The van der Waals surface area contributed by atoms with E-state index in [1.54, 1.807) is 42.6 Å². The number of thiazole rings is 1. The minimum atomic E-state index is -0.417. The lowest BCUT2D eigenvalue weighted by Crippen LogP contribution is -2.24. The summed E-state index contributed by atoms with van der Waals surface area (Å²) in [5.74, 6) is 0.520. The molecule has 6 rings (SSSR count). The minimum absolute atomic E-state index is 0.0370. The fourth-order valence-electron chi connectivity index (χ4n) is 4.90. The molecule has 5 aromatic rings. The number of nitrogens with zero attached hydrogens (tertiary/aromatic N) is 5. The molecule has 1 unspecified atom stereocenters. The normalized spacial score (nSPS) is 15.0. The summed E-state index contributed by atoms with van der Waals surface area (Å²) in [6.45, 7) is 2.31. The zero-order chi connectivity index (χ0) is 26.9. The molecule has 0 radical (unpaired) electrons. The molecule has 0 bridgehead atoms. The molecule has 1 fully saturated rings. The van der Waals surface area contributed by atoms with Crippen LogP contribution >= 0.6 is 11.3 Å². The first-order chi connectivity index (χ1) is 19.0. The van der Waals surface area contributed by atoms with Gasteiger partial charge >= 0.3 is 6.03 Å². The van der Waals surface area contributed by atoms with E-state index in [1.165, 1.54) is 30.7 Å². The monoisotopic (exact) mass is 541 g/mol. The fraction of sp³-hybridized carbons (Fsp3) is 0.179. The third-order valence-electron chi connectivity index (χ3n) is 6.70. The van der Waals surface area contributed by atoms with E-state index in [4.69, 9.17) is 0 Å². The molecule has 9 nitrogen and oxygen atoms in total. The standard InChI is InChI=1S/C28H24FN7O2S/c1-17(37)18-7-9-21(10-8-18)33-27(38)34-24-15-30-28(39-24)36-13-11-22-25(31-16-32-26(22)36)35-12-3-6-23(35)19-4-2-5-20(29)14-19/h2,4-5,7-11,13-16,23H,3,6,12H2,1H3,(H2,33,34,38). The van der Waals surface area contributed by atoms with Crippen molar-refractivity contribution in [1.29, 1.82) is 0 Å². The van der Waals surface area contributed by atoms with Gasteiger partial charge in [-0.25, -0.2) is 24.1 Å². The zero-order valence-corrected chi connectivity index (χ0v) is 21.8. The summed E-state index contributed by atoms with van der Waals surface area (Å²) in [5, 5.41) is 7.62. The number of amides is 2. The number of Topliss-reactive ketones (excluding diaryl/α,β-unsaturated/α-hetero) is 1. The lowest BCUT2D eigenvalue weighted by Gasteiger charge is -2.26. The number of fused-ring (bicyclic) bond motifs is 1. The van der Waals surface area contributed by atoms with Crippen LogP contribution in [-0.2, 0) is 0 Å². The summed E-state index contributed by atoms with van der Waals surface area (Å²) in [6, 6.07) is 15.0. The van der Waals surface area contributed by atoms with Crippen LogP contribution in [0.1, 0.15) is 41.7 Å². The van der Waals surface area contributed by atoms with E-state index in [0.717, 1.165) is 36.2 Å². The van der Waals surface area contributed by atoms with Crippen LogP contribution in [0.3, 0.4) is 0 Å². The van der Waals surface area contributed by atoms with Crippen molar-refractivity contribution >= 4 is 50.7 Å². The fourth-order valence-corrected chi connectivity index (χ4v) is 5.70. The largest absolute Gasteiger partial charge is 0.349 e. The van der Waals surface area contributed by atoms with E-state index < -0.39 is 6.03 Å². The van der Waals surface area contributed by atoms with Crippen molar-refractivity contribution in [2.24, 2.45) is 0 Å². The number of carbonyl (C=O) groups is 2. The SMILES string of the molecule is CC(=O)c1ccc(NC(=O)Nc2cnc(-n3ccc4c(N5CCCC5c5cccc(F)c5)ncnc43)s2)cc1. The van der Waals surface area contributed by atoms with Crippen LogP contribution in [0, 0.1) is 5.82 Å². The van der Waals surface area contributed by atoms with E-state index in [2.05, 4.69) is 30.5 Å². The molecular formula is C28H24FN7O2S. The van der Waals surface area contributed by atoms with Crippen molar-refractivity contribution in [3.05, 3.63) is 90.3 Å². The van der Waals surface area contributed by atoms with Gasteiger partial charge in [-0.3, -0.25) is 14.7 Å². The van der Waals surface area contributed by atoms with E-state index in [0.29, 0.717) is 27.0 Å². The highest BCUT2D eigenvalue weighted by Crippen LogP contribution is 2.38. The number of hydrogen-bond acceptors (Lipinski definition) is 7. The molecule has 1 saturated heterocycles. The first kappa shape index (κ1) is 24.7. The Bertz CT molecular complexity index is 1680. The van der Waals surface area contributed by atoms with Gasteiger partial charge in [0.15, 0.2) is 16.6 Å². The molecule has 3 aromatic heterocycles. The van der Waals surface area contributed by atoms with Crippen molar-refractivity contribution in [2.45, 2.75) is 25.8 Å². The topological polar surface area (TPSA) is 105 Å². The number of hydrogen-bond donors (Lipinski definition) is 2. The lowest BCUT2D eigenvalue weighted by molar-refractivity contribution is 0.101. The van der Waals surface area contributed by atoms with Gasteiger partial charge in [-0.05, 0) is 67.8 Å². The Kier molecular flexibility index (Phi) is 6.49. The van der Waals surface area contributed by atoms with Crippen LogP contribution in [0.4, 0.5) is 25.7 Å². The average Bonchev–Trinajstić information content (AvgIpc) is 3.68. The van der Waals surface area contributed by atoms with Crippen molar-refractivity contribution in [3.8, 4) is 5.13 Å². The highest BCUT2D eigenvalue weighted by Gasteiger charge is 2.29. The molecule has 1 aliphatic heterocycles. The maximum absolute atomic E-state index is 13.9. The van der Waals surface area contributed by atoms with Gasteiger partial charge in [0, 0.05) is 24.0 Å². The summed E-state index contributed by atoms with van der Waals surface area (Å²) in [7, 11) is 0. The predicted octanol–water partition coefficient (Wildman–Crippen LogP) is 6.20. The third-order valence-corrected chi connectivity index (χ3v) is 7.62. The van der Waals surface area contributed by atoms with Gasteiger partial charge < -0.3 is 10.2 Å². The summed E-state index contributed by atoms with van der Waals surface area (Å²) >= 11 is 1.31. The second-order valence-electron chi connectivity index (χ2n) is 9.25. The average molecular weight is 542 g/mol. The number of halogens is 1. The number of ketones is 1. The molecule has 2 aromatic carbocycles. The van der Waals surface area contributed by atoms with Crippen LogP contribution in [0.2, 0.25) is 0 Å². The number of rotatable bonds is 6. The van der Waals surface area contributed by atoms with E-state index in [9.17, 15) is 14.0 Å². The van der Waals surface area contributed by atoms with Crippen LogP contribution < -0.4 is 15.5 Å². The highest BCUT2D eigenvalue weighted by atomic mass is 32.1. The van der Waals surface area contributed by atoms with E-state index >= 15 is 0 Å². The molecule has 39 heavy (non-hydrogen) atoms. The second-order valence-corrected chi connectivity index (χ2v) is 10.3. The van der Waals surface area contributed by atoms with Gasteiger partial charge in [-0.1, -0.05) is 23.5 Å². The van der Waals surface area contributed by atoms with Crippen molar-refractivity contribution in [3.63, 3.8) is 0 Å². The Morgan fingerprint density at radius 1 is 1.05 bits per heavy atom. The van der Waals surface area contributed by atoms with Gasteiger partial charge in [-0.2, -0.15) is 0 Å². The third kappa shape index (κ3) is 4.96. The molecule has 4 heterocycles. The number of urea groups is 1. The predicted molar refractivity (Wildman–Crippen MR) is 149 cm³/mol. The smallest absolute Gasteiger partial charge is 0.324 e. The molecule has 0 aliphatic carbocycles. The van der Waals surface area contributed by atoms with Crippen LogP contribution in [0.15, 0.2) is 73.3 Å². The lowest BCUT2D eigenvalue weighted by atomic mass is 10.0. The first-order valence-corrected chi connectivity index (χ1v) is 13.3. The van der Waals surface area contributed by atoms with Crippen LogP contribution in [0.25, 0.3) is 16.2 Å². The molecule has 0 saturated carbocycles. The van der Waals surface area contributed by atoms with Gasteiger partial charge in [-0.15, -0.1) is 0 Å². The molecule has 1 aliphatic rings. The van der Waals surface area contributed by atoms with Crippen molar-refractivity contribution < 1.29 is 14.0 Å². The maximum atomic E-state index is 13.9. The Labute approximate surface area is 227 Å². The van der Waals surface area contributed by atoms with Gasteiger partial charge in [0.1, 0.15) is 23.0 Å². The summed E-state index contributed by atoms with van der Waals surface area (Å²) in [4.78, 5) is 39.8. The second kappa shape index (κ2) is 10.3. The minimum Gasteiger partial charge on any atom is -0.349 e. The van der Waals surface area contributed by atoms with E-state index in [-0.39, 0.29) is 17.6 Å². The van der Waals surface area contributed by atoms with Crippen LogP contribution in [0.5, 0.6) is 0 Å². The van der Waals surface area contributed by atoms with Crippen molar-refractivity contribution in [2.75, 3.05) is 22.1 Å². The maximum Gasteiger partial charge on any atom is 0.324 e. The summed E-state index contributed by atoms with van der Waals surface area (Å²) in [6.07, 6.45) is 6.91. The Hall–Kier alpha value is -4.64. The number of nitrogens with one attached hydrogen (secondary N) is 2. The molecule has 2 N–H and O–H groups in total. The first-order valence-electron chi connectivity index (χ1n) is 12.5. The number of carbonyl (C=O) groups excluding carboxylic acids is 2. The van der Waals surface area contributed by atoms with Crippen molar-refractivity contribution in [1.82, 2.24) is 19.5 Å². The quantitative estimate of drug-likeness (QED) is 0.248. The number of benzene rings is 2. The molecule has 1 atom stereocenters. The zero-order valence-electron chi connectivity index (χ0n) is 21.0. The molecule has 0 spiro atoms. The Balaban J connectivity index is 1.21. The van der Waals surface area contributed by atoms with Gasteiger partial charge in [0.25, 0.3) is 0 Å². The molecule has 2 amide bonds. The van der Waals surface area contributed by atoms with E-state index in [1.807, 2.05) is 22.9 Å². The molecular weight excluding hydrogens is 517 g/mol. The Morgan fingerprint density at radius 3 is 2.69 bits per heavy atom. The summed E-state index contributed by atoms with van der Waals surface area (Å²) < 4.78 is 15.8.